The first kappa shape index (κ1) is 10.9. The fraction of sp³-hybridized carbons (Fsp3) is 0.727. The summed E-state index contributed by atoms with van der Waals surface area (Å²) in [6, 6.07) is 0. The van der Waals surface area contributed by atoms with E-state index in [2.05, 4.69) is 10.3 Å². The van der Waals surface area contributed by atoms with Crippen LogP contribution in [0.15, 0.2) is 11.6 Å². The van der Waals surface area contributed by atoms with Crippen LogP contribution in [-0.4, -0.2) is 24.2 Å². The Morgan fingerprint density at radius 2 is 2.33 bits per heavy atom. The largest absolute Gasteiger partial charge is 0.378 e. The minimum absolute atomic E-state index is 0.546. The van der Waals surface area contributed by atoms with Gasteiger partial charge in [-0.05, 0) is 19.3 Å². The molecule has 1 heterocycles. The molecule has 0 aromatic carbocycles. The van der Waals surface area contributed by atoms with Crippen molar-refractivity contribution in [2.75, 3.05) is 18.5 Å². The third-order valence-electron chi connectivity index (χ3n) is 2.69. The molecular weight excluding hydrogens is 208 g/mol. The van der Waals surface area contributed by atoms with Gasteiger partial charge in [0.05, 0.1) is 6.10 Å². The number of aromatic nitrogens is 1. The number of ether oxygens (including phenoxy) is 1. The summed E-state index contributed by atoms with van der Waals surface area (Å²) >= 11 is 1.64. The second kappa shape index (κ2) is 6.08. The van der Waals surface area contributed by atoms with Crippen molar-refractivity contribution in [3.05, 3.63) is 11.6 Å². The van der Waals surface area contributed by atoms with E-state index in [1.807, 2.05) is 11.6 Å². The van der Waals surface area contributed by atoms with Crippen LogP contribution < -0.4 is 5.32 Å². The van der Waals surface area contributed by atoms with E-state index in [0.29, 0.717) is 6.10 Å². The highest BCUT2D eigenvalue weighted by atomic mass is 32.1. The fourth-order valence-corrected chi connectivity index (χ4v) is 2.44. The Morgan fingerprint density at radius 1 is 1.47 bits per heavy atom. The average Bonchev–Trinajstić information content (AvgIpc) is 2.88. The van der Waals surface area contributed by atoms with E-state index in [1.165, 1.54) is 25.7 Å². The van der Waals surface area contributed by atoms with Gasteiger partial charge in [-0.3, -0.25) is 0 Å². The highest BCUT2D eigenvalue weighted by Gasteiger charge is 2.14. The van der Waals surface area contributed by atoms with E-state index in [9.17, 15) is 0 Å². The molecule has 0 amide bonds. The second-order valence-electron chi connectivity index (χ2n) is 3.89. The third-order valence-corrected chi connectivity index (χ3v) is 3.42. The van der Waals surface area contributed by atoms with Gasteiger partial charge in [0.15, 0.2) is 5.13 Å². The van der Waals surface area contributed by atoms with Crippen molar-refractivity contribution in [1.82, 2.24) is 4.98 Å². The molecule has 1 N–H and O–H groups in total. The Hall–Kier alpha value is -0.610. The van der Waals surface area contributed by atoms with Gasteiger partial charge in [-0.15, -0.1) is 11.3 Å². The number of hydrogen-bond donors (Lipinski definition) is 1. The molecule has 0 radical (unpaired) electrons. The van der Waals surface area contributed by atoms with Crippen LogP contribution in [0.2, 0.25) is 0 Å². The fourth-order valence-electron chi connectivity index (χ4n) is 1.88. The lowest BCUT2D eigenvalue weighted by Crippen LogP contribution is -2.11. The van der Waals surface area contributed by atoms with Crippen LogP contribution in [0.5, 0.6) is 0 Å². The van der Waals surface area contributed by atoms with E-state index in [1.54, 1.807) is 11.3 Å². The smallest absolute Gasteiger partial charge is 0.182 e. The lowest BCUT2D eigenvalue weighted by molar-refractivity contribution is 0.0583. The molecule has 3 nitrogen and oxygen atoms in total. The highest BCUT2D eigenvalue weighted by molar-refractivity contribution is 7.13. The van der Waals surface area contributed by atoms with Crippen LogP contribution in [0.25, 0.3) is 0 Å². The molecule has 0 unspecified atom stereocenters. The van der Waals surface area contributed by atoms with Crippen molar-refractivity contribution < 1.29 is 4.74 Å². The molecular formula is C11H18N2OS. The number of anilines is 1. The Labute approximate surface area is 94.9 Å². The van der Waals surface area contributed by atoms with Crippen molar-refractivity contribution in [2.24, 2.45) is 0 Å². The molecule has 0 saturated heterocycles. The zero-order valence-corrected chi connectivity index (χ0v) is 9.76. The molecule has 1 aliphatic carbocycles. The summed E-state index contributed by atoms with van der Waals surface area (Å²) in [7, 11) is 0. The minimum atomic E-state index is 0.546. The topological polar surface area (TPSA) is 34.1 Å². The molecule has 0 aliphatic heterocycles. The number of rotatable bonds is 6. The van der Waals surface area contributed by atoms with Gasteiger partial charge in [-0.25, -0.2) is 4.98 Å². The second-order valence-corrected chi connectivity index (χ2v) is 4.79. The molecule has 0 bridgehead atoms. The first-order chi connectivity index (χ1) is 7.45. The van der Waals surface area contributed by atoms with Gasteiger partial charge >= 0.3 is 0 Å². The molecule has 84 valence electrons. The maximum absolute atomic E-state index is 5.77. The van der Waals surface area contributed by atoms with E-state index >= 15 is 0 Å². The normalized spacial score (nSPS) is 17.1. The van der Waals surface area contributed by atoms with Gasteiger partial charge in [0.2, 0.25) is 0 Å². The van der Waals surface area contributed by atoms with Crippen LogP contribution in [0.4, 0.5) is 5.13 Å². The van der Waals surface area contributed by atoms with Gasteiger partial charge in [-0.2, -0.15) is 0 Å². The highest BCUT2D eigenvalue weighted by Crippen LogP contribution is 2.20. The predicted molar refractivity (Wildman–Crippen MR) is 63.4 cm³/mol. The molecule has 1 saturated carbocycles. The molecule has 0 atom stereocenters. The van der Waals surface area contributed by atoms with Crippen molar-refractivity contribution >= 4 is 16.5 Å². The van der Waals surface area contributed by atoms with Crippen molar-refractivity contribution in [2.45, 2.75) is 38.2 Å². The van der Waals surface area contributed by atoms with Gasteiger partial charge in [0.1, 0.15) is 0 Å². The van der Waals surface area contributed by atoms with E-state index in [0.717, 1.165) is 24.7 Å². The van der Waals surface area contributed by atoms with Gasteiger partial charge in [0.25, 0.3) is 0 Å². The molecule has 1 aromatic heterocycles. The van der Waals surface area contributed by atoms with Crippen LogP contribution in [-0.2, 0) is 4.74 Å². The molecule has 1 aromatic rings. The molecule has 15 heavy (non-hydrogen) atoms. The Balaban J connectivity index is 1.48. The van der Waals surface area contributed by atoms with Crippen LogP contribution in [0, 0.1) is 0 Å². The average molecular weight is 226 g/mol. The quantitative estimate of drug-likeness (QED) is 0.757. The van der Waals surface area contributed by atoms with Crippen LogP contribution in [0.3, 0.4) is 0 Å². The summed E-state index contributed by atoms with van der Waals surface area (Å²) in [6.07, 6.45) is 8.66. The summed E-state index contributed by atoms with van der Waals surface area (Å²) < 4.78 is 5.77. The summed E-state index contributed by atoms with van der Waals surface area (Å²) in [5, 5.41) is 6.27. The first-order valence-electron chi connectivity index (χ1n) is 5.70. The van der Waals surface area contributed by atoms with Crippen molar-refractivity contribution in [1.29, 1.82) is 0 Å². The van der Waals surface area contributed by atoms with E-state index in [-0.39, 0.29) is 0 Å². The number of nitrogens with one attached hydrogen (secondary N) is 1. The lowest BCUT2D eigenvalue weighted by Gasteiger charge is -2.10. The number of nitrogens with zero attached hydrogens (tertiary/aromatic N) is 1. The first-order valence-corrected chi connectivity index (χ1v) is 6.58. The monoisotopic (exact) mass is 226 g/mol. The summed E-state index contributed by atoms with van der Waals surface area (Å²) in [4.78, 5) is 4.16. The molecule has 2 rings (SSSR count). The standard InChI is InChI=1S/C11H18N2OS/c1-2-5-10(4-1)14-8-3-6-12-11-13-7-9-15-11/h7,9-10H,1-6,8H2,(H,12,13). The van der Waals surface area contributed by atoms with Crippen LogP contribution in [0.1, 0.15) is 32.1 Å². The molecule has 1 aliphatic rings. The Bertz CT molecular complexity index is 258. The van der Waals surface area contributed by atoms with Gasteiger partial charge < -0.3 is 10.1 Å². The third kappa shape index (κ3) is 3.80. The van der Waals surface area contributed by atoms with Gasteiger partial charge in [-0.1, -0.05) is 12.8 Å². The summed E-state index contributed by atoms with van der Waals surface area (Å²) in [5.74, 6) is 0. The zero-order chi connectivity index (χ0) is 10.3. The Morgan fingerprint density at radius 3 is 3.07 bits per heavy atom. The van der Waals surface area contributed by atoms with Crippen molar-refractivity contribution in [3.8, 4) is 0 Å². The SMILES string of the molecule is c1csc(NCCCOC2CCCC2)n1. The van der Waals surface area contributed by atoms with Gasteiger partial charge in [0, 0.05) is 24.7 Å². The van der Waals surface area contributed by atoms with Crippen LogP contribution >= 0.6 is 11.3 Å². The number of hydrogen-bond acceptors (Lipinski definition) is 4. The maximum Gasteiger partial charge on any atom is 0.182 e. The maximum atomic E-state index is 5.77. The molecule has 1 fully saturated rings. The molecule has 0 spiro atoms. The summed E-state index contributed by atoms with van der Waals surface area (Å²) in [6.45, 7) is 1.84. The van der Waals surface area contributed by atoms with Crippen molar-refractivity contribution in [3.63, 3.8) is 0 Å². The van der Waals surface area contributed by atoms with E-state index < -0.39 is 0 Å². The summed E-state index contributed by atoms with van der Waals surface area (Å²) in [5.41, 5.74) is 0. The minimum Gasteiger partial charge on any atom is -0.378 e. The lowest BCUT2D eigenvalue weighted by atomic mass is 10.3. The predicted octanol–water partition coefficient (Wildman–Crippen LogP) is 2.90. The molecule has 4 heteroatoms. The Kier molecular flexibility index (Phi) is 4.41. The number of thiazole rings is 1. The van der Waals surface area contributed by atoms with E-state index in [4.69, 9.17) is 4.74 Å². The zero-order valence-electron chi connectivity index (χ0n) is 8.95.